The fourth-order valence-corrected chi connectivity index (χ4v) is 0.518. The van der Waals surface area contributed by atoms with E-state index in [-0.39, 0.29) is 0 Å². The molecule has 0 aliphatic heterocycles. The molecule has 0 saturated heterocycles. The Kier molecular flexibility index (Phi) is 1.49. The third kappa shape index (κ3) is 1.20. The average Bonchev–Trinajstić information content (AvgIpc) is 1.77. The van der Waals surface area contributed by atoms with Gasteiger partial charge in [-0.25, -0.2) is 0 Å². The van der Waals surface area contributed by atoms with Gasteiger partial charge in [-0.15, -0.1) is 0 Å². The molecule has 0 fully saturated rings. The number of halogens is 1. The summed E-state index contributed by atoms with van der Waals surface area (Å²) in [5, 5.41) is 0.650. The predicted molar refractivity (Wildman–Crippen MR) is 33.7 cm³/mol. The van der Waals surface area contributed by atoms with Gasteiger partial charge in [0.15, 0.2) is 0 Å². The van der Waals surface area contributed by atoms with Crippen LogP contribution in [-0.4, -0.2) is 4.98 Å². The van der Waals surface area contributed by atoms with Crippen LogP contribution in [0.4, 0.5) is 0 Å². The highest BCUT2D eigenvalue weighted by Crippen LogP contribution is 2.04. The van der Waals surface area contributed by atoms with Crippen LogP contribution in [0.1, 0.15) is 5.69 Å². The highest BCUT2D eigenvalue weighted by molar-refractivity contribution is 6.30. The minimum atomic E-state index is 0.650. The van der Waals surface area contributed by atoms with Crippen LogP contribution in [0.3, 0.4) is 0 Å². The van der Waals surface area contributed by atoms with Crippen LogP contribution in [0.25, 0.3) is 0 Å². The Morgan fingerprint density at radius 3 is 2.62 bits per heavy atom. The third-order valence-electron chi connectivity index (χ3n) is 0.789. The van der Waals surface area contributed by atoms with Crippen LogP contribution in [0, 0.1) is 6.92 Å². The molecular formula is C6H5ClN. The summed E-state index contributed by atoms with van der Waals surface area (Å²) in [4.78, 5) is 3.84. The van der Waals surface area contributed by atoms with Crippen molar-refractivity contribution in [2.24, 2.45) is 0 Å². The van der Waals surface area contributed by atoms with E-state index >= 15 is 0 Å². The highest BCUT2D eigenvalue weighted by atomic mass is 35.5. The van der Waals surface area contributed by atoms with Crippen molar-refractivity contribution in [3.63, 3.8) is 0 Å². The molecule has 0 atom stereocenters. The zero-order valence-electron chi connectivity index (χ0n) is 4.26. The first-order valence-electron chi connectivity index (χ1n) is 2.22. The van der Waals surface area contributed by atoms with E-state index in [0.717, 1.165) is 5.69 Å². The molecule has 1 aromatic rings. The van der Waals surface area contributed by atoms with E-state index in [4.69, 9.17) is 11.6 Å². The van der Waals surface area contributed by atoms with Crippen molar-refractivity contribution < 1.29 is 0 Å². The number of hydrogen-bond donors (Lipinski definition) is 0. The van der Waals surface area contributed by atoms with Crippen molar-refractivity contribution in [3.8, 4) is 0 Å². The molecule has 2 heteroatoms. The second-order valence-electron chi connectivity index (χ2n) is 1.47. The first-order chi connectivity index (χ1) is 3.79. The van der Waals surface area contributed by atoms with Crippen LogP contribution in [0.5, 0.6) is 0 Å². The summed E-state index contributed by atoms with van der Waals surface area (Å²) in [6, 6.07) is 3.53. The summed E-state index contributed by atoms with van der Waals surface area (Å²) in [6.45, 7) is 3.59. The molecule has 1 heterocycles. The van der Waals surface area contributed by atoms with Gasteiger partial charge in [0.25, 0.3) is 0 Å². The molecular weight excluding hydrogens is 122 g/mol. The molecule has 1 rings (SSSR count). The fraction of sp³-hybridized carbons (Fsp3) is 0. The van der Waals surface area contributed by atoms with E-state index in [1.165, 1.54) is 0 Å². The summed E-state index contributed by atoms with van der Waals surface area (Å²) < 4.78 is 0. The van der Waals surface area contributed by atoms with E-state index in [1.54, 1.807) is 18.3 Å². The lowest BCUT2D eigenvalue weighted by Gasteiger charge is -1.87. The molecule has 8 heavy (non-hydrogen) atoms. The predicted octanol–water partition coefficient (Wildman–Crippen LogP) is 1.92. The van der Waals surface area contributed by atoms with E-state index in [2.05, 4.69) is 11.9 Å². The second-order valence-corrected chi connectivity index (χ2v) is 1.90. The lowest BCUT2D eigenvalue weighted by Crippen LogP contribution is -1.75. The Morgan fingerprint density at radius 1 is 1.50 bits per heavy atom. The van der Waals surface area contributed by atoms with Crippen LogP contribution in [-0.2, 0) is 0 Å². The molecule has 0 aliphatic rings. The molecule has 1 aromatic heterocycles. The maximum Gasteiger partial charge on any atom is 0.0589 e. The topological polar surface area (TPSA) is 12.9 Å². The summed E-state index contributed by atoms with van der Waals surface area (Å²) in [6.07, 6.45) is 1.57. The Labute approximate surface area is 53.3 Å². The number of aromatic nitrogens is 1. The summed E-state index contributed by atoms with van der Waals surface area (Å²) in [5.41, 5.74) is 0.745. The van der Waals surface area contributed by atoms with E-state index in [1.807, 2.05) is 0 Å². The van der Waals surface area contributed by atoms with E-state index in [9.17, 15) is 0 Å². The van der Waals surface area contributed by atoms with Gasteiger partial charge in [0.05, 0.1) is 5.02 Å². The number of rotatable bonds is 0. The van der Waals surface area contributed by atoms with Crippen LogP contribution < -0.4 is 0 Å². The molecule has 0 N–H and O–H groups in total. The Balaban J connectivity index is 3.03. The lowest BCUT2D eigenvalue weighted by molar-refractivity contribution is 1.27. The molecule has 0 aliphatic carbocycles. The molecule has 0 spiro atoms. The fourth-order valence-electron chi connectivity index (χ4n) is 0.406. The van der Waals surface area contributed by atoms with Gasteiger partial charge < -0.3 is 0 Å². The quantitative estimate of drug-likeness (QED) is 0.518. The highest BCUT2D eigenvalue weighted by Gasteiger charge is 1.83. The zero-order valence-corrected chi connectivity index (χ0v) is 5.02. The maximum atomic E-state index is 5.52. The first-order valence-corrected chi connectivity index (χ1v) is 2.60. The molecule has 1 nitrogen and oxygen atoms in total. The van der Waals surface area contributed by atoms with Gasteiger partial charge in [0.1, 0.15) is 0 Å². The molecule has 1 radical (unpaired) electrons. The van der Waals surface area contributed by atoms with Gasteiger partial charge in [-0.05, 0) is 19.1 Å². The van der Waals surface area contributed by atoms with E-state index < -0.39 is 0 Å². The minimum absolute atomic E-state index is 0.650. The second kappa shape index (κ2) is 2.14. The van der Waals surface area contributed by atoms with Gasteiger partial charge in [-0.2, -0.15) is 0 Å². The number of pyridine rings is 1. The summed E-state index contributed by atoms with van der Waals surface area (Å²) in [5.74, 6) is 0. The van der Waals surface area contributed by atoms with Crippen molar-refractivity contribution in [2.75, 3.05) is 0 Å². The van der Waals surface area contributed by atoms with Gasteiger partial charge in [-0.3, -0.25) is 4.98 Å². The van der Waals surface area contributed by atoms with Crippen molar-refractivity contribution in [1.29, 1.82) is 0 Å². The standard InChI is InChI=1S/C6H5ClN/c1-5-2-3-6(7)4-8-5/h2-4H,1H2. The molecule has 0 unspecified atom stereocenters. The summed E-state index contributed by atoms with van der Waals surface area (Å²) >= 11 is 5.52. The van der Waals surface area contributed by atoms with E-state index in [0.29, 0.717) is 5.02 Å². The minimum Gasteiger partial charge on any atom is -0.260 e. The van der Waals surface area contributed by atoms with Gasteiger partial charge in [0.2, 0.25) is 0 Å². The average molecular weight is 127 g/mol. The number of hydrogen-bond acceptors (Lipinski definition) is 1. The normalized spacial score (nSPS) is 9.25. The number of nitrogens with zero attached hydrogens (tertiary/aromatic N) is 1. The SMILES string of the molecule is [CH2]c1ccc(Cl)cn1. The lowest BCUT2D eigenvalue weighted by atomic mass is 10.4. The molecule has 0 amide bonds. The van der Waals surface area contributed by atoms with Crippen molar-refractivity contribution in [2.45, 2.75) is 0 Å². The Hall–Kier alpha value is -0.560. The van der Waals surface area contributed by atoms with Gasteiger partial charge >= 0.3 is 0 Å². The molecule has 41 valence electrons. The smallest absolute Gasteiger partial charge is 0.0589 e. The van der Waals surface area contributed by atoms with Crippen LogP contribution >= 0.6 is 11.6 Å². The monoisotopic (exact) mass is 126 g/mol. The third-order valence-corrected chi connectivity index (χ3v) is 1.01. The first kappa shape index (κ1) is 5.57. The van der Waals surface area contributed by atoms with Crippen LogP contribution in [0.2, 0.25) is 5.02 Å². The Bertz CT molecular complexity index is 147. The van der Waals surface area contributed by atoms with Crippen molar-refractivity contribution in [1.82, 2.24) is 4.98 Å². The van der Waals surface area contributed by atoms with Crippen LogP contribution in [0.15, 0.2) is 18.3 Å². The zero-order chi connectivity index (χ0) is 5.98. The maximum absolute atomic E-state index is 5.52. The largest absolute Gasteiger partial charge is 0.260 e. The molecule has 0 bridgehead atoms. The van der Waals surface area contributed by atoms with Crippen molar-refractivity contribution >= 4 is 11.6 Å². The van der Waals surface area contributed by atoms with Gasteiger partial charge in [-0.1, -0.05) is 11.6 Å². The van der Waals surface area contributed by atoms with Crippen molar-refractivity contribution in [3.05, 3.63) is 36.0 Å². The summed E-state index contributed by atoms with van der Waals surface area (Å²) in [7, 11) is 0. The van der Waals surface area contributed by atoms with Gasteiger partial charge in [0, 0.05) is 11.9 Å². The molecule has 0 saturated carbocycles. The molecule has 0 aromatic carbocycles. The Morgan fingerprint density at radius 2 is 2.25 bits per heavy atom.